The summed E-state index contributed by atoms with van der Waals surface area (Å²) in [6.45, 7) is 18.8. The molecule has 0 saturated carbocycles. The molecule has 0 spiro atoms. The predicted octanol–water partition coefficient (Wildman–Crippen LogP) is 21.5. The number of aromatic nitrogens is 2. The van der Waals surface area contributed by atoms with Gasteiger partial charge in [0.25, 0.3) is 0 Å². The average Bonchev–Trinajstić information content (AvgIpc) is 2.20. The molecular weight excluding hydrogens is 1020 g/mol. The first-order chi connectivity index (χ1) is 39.9. The summed E-state index contributed by atoms with van der Waals surface area (Å²) in [4.78, 5) is 0. The van der Waals surface area contributed by atoms with E-state index < -0.39 is 11.7 Å². The van der Waals surface area contributed by atoms with E-state index in [0.717, 1.165) is 111 Å². The summed E-state index contributed by atoms with van der Waals surface area (Å²) in [5.41, 5.74) is 27.0. The van der Waals surface area contributed by atoms with Gasteiger partial charge in [-0.2, -0.15) is 18.4 Å². The summed E-state index contributed by atoms with van der Waals surface area (Å²) in [5, 5.41) is 15.0. The first kappa shape index (κ1) is 52.7. The van der Waals surface area contributed by atoms with Crippen LogP contribution in [0.25, 0.3) is 122 Å². The van der Waals surface area contributed by atoms with Crippen molar-refractivity contribution in [1.29, 1.82) is 5.26 Å². The molecule has 13 rings (SSSR count). The van der Waals surface area contributed by atoms with Crippen LogP contribution in [0.3, 0.4) is 0 Å². The van der Waals surface area contributed by atoms with Gasteiger partial charge in [0.05, 0.1) is 50.6 Å². The van der Waals surface area contributed by atoms with Gasteiger partial charge in [-0.1, -0.05) is 144 Å². The number of aryl methyl sites for hydroxylation is 9. The molecule has 11 aromatic carbocycles. The van der Waals surface area contributed by atoms with E-state index in [1.54, 1.807) is 6.92 Å². The van der Waals surface area contributed by atoms with Crippen LogP contribution in [0.4, 0.5) is 13.2 Å². The summed E-state index contributed by atoms with van der Waals surface area (Å²) in [6.07, 6.45) is -4.55. The molecule has 13 aromatic rings. The van der Waals surface area contributed by atoms with Gasteiger partial charge >= 0.3 is 6.18 Å². The molecule has 0 radical (unpaired) electrons. The highest BCUT2D eigenvalue weighted by atomic mass is 19.4. The third-order valence-corrected chi connectivity index (χ3v) is 16.9. The topological polar surface area (TPSA) is 33.6 Å². The molecule has 3 nitrogen and oxygen atoms in total. The summed E-state index contributed by atoms with van der Waals surface area (Å²) < 4.78 is 48.7. The zero-order valence-electron chi connectivity index (χ0n) is 48.0. The Bertz CT molecular complexity index is 4680. The second kappa shape index (κ2) is 20.1. The van der Waals surface area contributed by atoms with Crippen molar-refractivity contribution in [3.05, 3.63) is 261 Å². The first-order valence-electron chi connectivity index (χ1n) is 28.2. The average molecular weight is 1080 g/mol. The van der Waals surface area contributed by atoms with Crippen LogP contribution in [0.5, 0.6) is 0 Å². The number of nitriles is 1. The molecule has 83 heavy (non-hydrogen) atoms. The lowest BCUT2D eigenvalue weighted by Gasteiger charge is -2.20. The Balaban J connectivity index is 1.12. The first-order valence-corrected chi connectivity index (χ1v) is 28.2. The minimum Gasteiger partial charge on any atom is -0.309 e. The van der Waals surface area contributed by atoms with E-state index in [4.69, 9.17) is 0 Å². The molecule has 0 unspecified atom stereocenters. The number of alkyl halides is 3. The number of halogens is 3. The monoisotopic (exact) mass is 1080 g/mol. The molecule has 0 bridgehead atoms. The Morgan fingerprint density at radius 2 is 0.639 bits per heavy atom. The third kappa shape index (κ3) is 9.27. The summed E-state index contributed by atoms with van der Waals surface area (Å²) >= 11 is 0. The molecule has 0 fully saturated rings. The van der Waals surface area contributed by atoms with Gasteiger partial charge in [-0.3, -0.25) is 0 Å². The summed E-state index contributed by atoms with van der Waals surface area (Å²) in [7, 11) is 0. The number of fused-ring (bicyclic) bond motifs is 6. The van der Waals surface area contributed by atoms with Crippen LogP contribution in [0.2, 0.25) is 0 Å². The SMILES string of the molecule is Cc1cc(-c2ccc(-c3ccc(C#N)cc3-n3c4ccc(-c5ccc(C)cc5C)cc4c4cc(-c5ccc(C)cc5C)ccc43)c(-n3c4ccc(-c5ccc(C)cc5C)cc4c4cc(-c5ccc(C)cc5C)ccc43)c2)cc(C(F)(F)F)c1. The highest BCUT2D eigenvalue weighted by molar-refractivity contribution is 6.14. The van der Waals surface area contributed by atoms with Crippen LogP contribution in [0, 0.1) is 73.6 Å². The highest BCUT2D eigenvalue weighted by Crippen LogP contribution is 2.46. The zero-order valence-corrected chi connectivity index (χ0v) is 48.0. The Morgan fingerprint density at radius 3 is 0.988 bits per heavy atom. The molecule has 0 aliphatic rings. The fraction of sp³-hybridized carbons (Fsp3) is 0.130. The van der Waals surface area contributed by atoms with Gasteiger partial charge in [-0.05, 0) is 225 Å². The number of hydrogen-bond acceptors (Lipinski definition) is 1. The number of benzene rings is 11. The molecule has 2 aromatic heterocycles. The molecule has 0 amide bonds. The minimum atomic E-state index is -4.55. The summed E-state index contributed by atoms with van der Waals surface area (Å²) in [6, 6.07) is 71.8. The quantitative estimate of drug-likeness (QED) is 0.149. The Morgan fingerprint density at radius 1 is 0.301 bits per heavy atom. The Hall–Kier alpha value is -9.70. The van der Waals surface area contributed by atoms with Crippen LogP contribution in [0.1, 0.15) is 61.2 Å². The molecule has 2 heterocycles. The van der Waals surface area contributed by atoms with Crippen molar-refractivity contribution >= 4 is 43.6 Å². The van der Waals surface area contributed by atoms with Crippen LogP contribution in [0.15, 0.2) is 200 Å². The Kier molecular flexibility index (Phi) is 12.7. The van der Waals surface area contributed by atoms with E-state index in [9.17, 15) is 18.4 Å². The van der Waals surface area contributed by atoms with Crippen LogP contribution in [-0.4, -0.2) is 9.13 Å². The highest BCUT2D eigenvalue weighted by Gasteiger charge is 2.31. The standard InChI is InChI=1S/C77H60F3N3/c1-44-10-20-61(49(6)30-44)55-16-26-71-67(38-55)68-39-56(62-21-11-45(2)31-50(62)7)17-27-72(68)82(71)75-36-53(43-81)14-24-65(75)66-25-15-54(59-34-48(5)35-60(37-59)77(78,79)80)42-76(66)83-73-28-18-57(63-22-12-46(3)32-51(63)8)40-69(73)70-41-58(19-29-74(70)83)64-23-13-47(4)33-52(64)9/h10-42H,1-9H3. The van der Waals surface area contributed by atoms with Gasteiger partial charge < -0.3 is 9.13 Å². The van der Waals surface area contributed by atoms with Crippen molar-refractivity contribution in [2.45, 2.75) is 68.5 Å². The molecule has 0 N–H and O–H groups in total. The van der Waals surface area contributed by atoms with Gasteiger partial charge in [0.2, 0.25) is 0 Å². The van der Waals surface area contributed by atoms with E-state index >= 15 is 0 Å². The number of rotatable bonds is 8. The van der Waals surface area contributed by atoms with Crippen molar-refractivity contribution in [1.82, 2.24) is 9.13 Å². The fourth-order valence-corrected chi connectivity index (χ4v) is 13.0. The van der Waals surface area contributed by atoms with Gasteiger partial charge in [-0.15, -0.1) is 0 Å². The maximum atomic E-state index is 14.7. The smallest absolute Gasteiger partial charge is 0.309 e. The second-order valence-electron chi connectivity index (χ2n) is 23.0. The number of nitrogens with zero attached hydrogens (tertiary/aromatic N) is 3. The van der Waals surface area contributed by atoms with E-state index in [-0.39, 0.29) is 0 Å². The number of hydrogen-bond donors (Lipinski definition) is 0. The van der Waals surface area contributed by atoms with Crippen molar-refractivity contribution in [2.24, 2.45) is 0 Å². The maximum absolute atomic E-state index is 14.7. The second-order valence-corrected chi connectivity index (χ2v) is 23.0. The van der Waals surface area contributed by atoms with Gasteiger partial charge in [-0.25, -0.2) is 0 Å². The van der Waals surface area contributed by atoms with Crippen LogP contribution < -0.4 is 0 Å². The van der Waals surface area contributed by atoms with Crippen molar-refractivity contribution in [2.75, 3.05) is 0 Å². The van der Waals surface area contributed by atoms with Crippen molar-refractivity contribution in [3.63, 3.8) is 0 Å². The Labute approximate surface area is 482 Å². The summed E-state index contributed by atoms with van der Waals surface area (Å²) in [5.74, 6) is 0. The lowest BCUT2D eigenvalue weighted by Crippen LogP contribution is -2.05. The molecule has 0 atom stereocenters. The van der Waals surface area contributed by atoms with Crippen molar-refractivity contribution < 1.29 is 13.2 Å². The van der Waals surface area contributed by atoms with E-state index in [0.29, 0.717) is 22.3 Å². The van der Waals surface area contributed by atoms with E-state index in [1.165, 1.54) is 56.6 Å². The maximum Gasteiger partial charge on any atom is 0.416 e. The minimum absolute atomic E-state index is 0.460. The molecule has 0 aliphatic heterocycles. The van der Waals surface area contributed by atoms with Gasteiger partial charge in [0, 0.05) is 32.7 Å². The van der Waals surface area contributed by atoms with Gasteiger partial charge in [0.15, 0.2) is 0 Å². The third-order valence-electron chi connectivity index (χ3n) is 16.9. The zero-order chi connectivity index (χ0) is 57.7. The molecule has 0 saturated heterocycles. The van der Waals surface area contributed by atoms with E-state index in [1.807, 2.05) is 30.3 Å². The molecule has 404 valence electrons. The lowest BCUT2D eigenvalue weighted by atomic mass is 9.94. The van der Waals surface area contributed by atoms with E-state index in [2.05, 4.69) is 228 Å². The molecule has 0 aliphatic carbocycles. The fourth-order valence-electron chi connectivity index (χ4n) is 13.0. The van der Waals surface area contributed by atoms with Gasteiger partial charge in [0.1, 0.15) is 0 Å². The lowest BCUT2D eigenvalue weighted by molar-refractivity contribution is -0.137. The molecular formula is C77H60F3N3. The van der Waals surface area contributed by atoms with Crippen LogP contribution in [-0.2, 0) is 6.18 Å². The predicted molar refractivity (Wildman–Crippen MR) is 340 cm³/mol. The van der Waals surface area contributed by atoms with Crippen LogP contribution >= 0.6 is 0 Å². The normalized spacial score (nSPS) is 11.8. The molecule has 6 heteroatoms. The van der Waals surface area contributed by atoms with Crippen molar-refractivity contribution in [3.8, 4) is 84.2 Å². The largest absolute Gasteiger partial charge is 0.416 e.